The third-order valence-corrected chi connectivity index (χ3v) is 3.57. The summed E-state index contributed by atoms with van der Waals surface area (Å²) >= 11 is 3.42. The Morgan fingerprint density at radius 3 is 2.89 bits per heavy atom. The van der Waals surface area contributed by atoms with Crippen molar-refractivity contribution in [3.05, 3.63) is 46.0 Å². The molecule has 19 heavy (non-hydrogen) atoms. The van der Waals surface area contributed by atoms with Crippen LogP contribution in [0.1, 0.15) is 21.7 Å². The van der Waals surface area contributed by atoms with Crippen LogP contribution in [0.5, 0.6) is 0 Å². The zero-order valence-electron chi connectivity index (χ0n) is 10.9. The average molecular weight is 323 g/mol. The van der Waals surface area contributed by atoms with E-state index in [1.807, 2.05) is 32.2 Å². The SMILES string of the molecule is Cc1ccc(C(=O)NCCc2ncn(C)n2)cc1Br. The lowest BCUT2D eigenvalue weighted by Gasteiger charge is -2.05. The highest BCUT2D eigenvalue weighted by Crippen LogP contribution is 2.17. The minimum absolute atomic E-state index is 0.0865. The van der Waals surface area contributed by atoms with Crippen LogP contribution in [0.4, 0.5) is 0 Å². The maximum atomic E-state index is 11.9. The van der Waals surface area contributed by atoms with Gasteiger partial charge in [-0.25, -0.2) is 4.98 Å². The molecule has 0 spiro atoms. The van der Waals surface area contributed by atoms with Gasteiger partial charge in [-0.15, -0.1) is 0 Å². The second-order valence-electron chi connectivity index (χ2n) is 4.30. The molecule has 0 atom stereocenters. The summed E-state index contributed by atoms with van der Waals surface area (Å²) in [6, 6.07) is 5.55. The number of carbonyl (C=O) groups is 1. The Morgan fingerprint density at radius 2 is 2.26 bits per heavy atom. The predicted octanol–water partition coefficient (Wildman–Crippen LogP) is 1.86. The number of nitrogens with one attached hydrogen (secondary N) is 1. The van der Waals surface area contributed by atoms with Crippen molar-refractivity contribution < 1.29 is 4.79 Å². The van der Waals surface area contributed by atoms with Crippen molar-refractivity contribution in [2.24, 2.45) is 7.05 Å². The lowest BCUT2D eigenvalue weighted by atomic mass is 10.1. The van der Waals surface area contributed by atoms with Crippen LogP contribution in [-0.2, 0) is 13.5 Å². The van der Waals surface area contributed by atoms with Crippen LogP contribution in [0.3, 0.4) is 0 Å². The smallest absolute Gasteiger partial charge is 0.251 e. The van der Waals surface area contributed by atoms with Crippen LogP contribution in [0.15, 0.2) is 29.0 Å². The number of hydrogen-bond acceptors (Lipinski definition) is 3. The zero-order valence-corrected chi connectivity index (χ0v) is 12.4. The second kappa shape index (κ2) is 5.97. The molecule has 0 aliphatic heterocycles. The Bertz CT molecular complexity index is 594. The molecule has 100 valence electrons. The van der Waals surface area contributed by atoms with E-state index in [2.05, 4.69) is 31.3 Å². The molecule has 6 heteroatoms. The number of rotatable bonds is 4. The van der Waals surface area contributed by atoms with Crippen molar-refractivity contribution in [3.63, 3.8) is 0 Å². The Labute approximate surface area is 120 Å². The minimum atomic E-state index is -0.0865. The molecular formula is C13H15BrN4O. The van der Waals surface area contributed by atoms with Gasteiger partial charge in [-0.2, -0.15) is 5.10 Å². The number of aryl methyl sites for hydroxylation is 2. The summed E-state index contributed by atoms with van der Waals surface area (Å²) in [5, 5.41) is 7.01. The third kappa shape index (κ3) is 3.64. The summed E-state index contributed by atoms with van der Waals surface area (Å²) in [4.78, 5) is 16.0. The maximum Gasteiger partial charge on any atom is 0.251 e. The van der Waals surface area contributed by atoms with Crippen LogP contribution in [0.25, 0.3) is 0 Å². The van der Waals surface area contributed by atoms with Gasteiger partial charge >= 0.3 is 0 Å². The number of aromatic nitrogens is 3. The molecule has 0 saturated carbocycles. The van der Waals surface area contributed by atoms with E-state index in [1.165, 1.54) is 0 Å². The molecule has 1 heterocycles. The predicted molar refractivity (Wildman–Crippen MR) is 75.9 cm³/mol. The molecule has 1 amide bonds. The van der Waals surface area contributed by atoms with Crippen LogP contribution < -0.4 is 5.32 Å². The summed E-state index contributed by atoms with van der Waals surface area (Å²) in [6.07, 6.45) is 2.27. The Hall–Kier alpha value is -1.69. The maximum absolute atomic E-state index is 11.9. The summed E-state index contributed by atoms with van der Waals surface area (Å²) in [6.45, 7) is 2.51. The Morgan fingerprint density at radius 1 is 1.47 bits per heavy atom. The highest BCUT2D eigenvalue weighted by molar-refractivity contribution is 9.10. The summed E-state index contributed by atoms with van der Waals surface area (Å²) in [5.74, 6) is 0.643. The zero-order chi connectivity index (χ0) is 13.8. The van der Waals surface area contributed by atoms with Crippen molar-refractivity contribution in [2.45, 2.75) is 13.3 Å². The molecule has 5 nitrogen and oxygen atoms in total. The van der Waals surface area contributed by atoms with Gasteiger partial charge in [0.05, 0.1) is 0 Å². The minimum Gasteiger partial charge on any atom is -0.352 e. The molecule has 1 N–H and O–H groups in total. The summed E-state index contributed by atoms with van der Waals surface area (Å²) in [5.41, 5.74) is 1.75. The van der Waals surface area contributed by atoms with Gasteiger partial charge in [0.15, 0.2) is 5.82 Å². The highest BCUT2D eigenvalue weighted by atomic mass is 79.9. The van der Waals surface area contributed by atoms with E-state index in [1.54, 1.807) is 11.0 Å². The normalized spacial score (nSPS) is 10.5. The topological polar surface area (TPSA) is 59.8 Å². The van der Waals surface area contributed by atoms with Crippen molar-refractivity contribution in [2.75, 3.05) is 6.54 Å². The van der Waals surface area contributed by atoms with Crippen molar-refractivity contribution in [3.8, 4) is 0 Å². The molecule has 0 fully saturated rings. The molecule has 1 aromatic carbocycles. The number of halogens is 1. The van der Waals surface area contributed by atoms with Gasteiger partial charge in [0, 0.05) is 30.0 Å². The number of hydrogen-bond donors (Lipinski definition) is 1. The van der Waals surface area contributed by atoms with Gasteiger partial charge in [0.2, 0.25) is 0 Å². The lowest BCUT2D eigenvalue weighted by molar-refractivity contribution is 0.0954. The van der Waals surface area contributed by atoms with Gasteiger partial charge < -0.3 is 5.32 Å². The largest absolute Gasteiger partial charge is 0.352 e. The molecule has 0 radical (unpaired) electrons. The summed E-state index contributed by atoms with van der Waals surface area (Å²) < 4.78 is 2.58. The number of nitrogens with zero attached hydrogens (tertiary/aromatic N) is 3. The number of carbonyl (C=O) groups excluding carboxylic acids is 1. The van der Waals surface area contributed by atoms with Crippen molar-refractivity contribution in [1.29, 1.82) is 0 Å². The van der Waals surface area contributed by atoms with Gasteiger partial charge in [-0.3, -0.25) is 9.48 Å². The van der Waals surface area contributed by atoms with Crippen LogP contribution in [0.2, 0.25) is 0 Å². The van der Waals surface area contributed by atoms with Gasteiger partial charge in [-0.05, 0) is 24.6 Å². The van der Waals surface area contributed by atoms with E-state index < -0.39 is 0 Å². The van der Waals surface area contributed by atoms with Gasteiger partial charge in [0.25, 0.3) is 5.91 Å². The molecule has 1 aromatic heterocycles. The third-order valence-electron chi connectivity index (χ3n) is 2.72. The van der Waals surface area contributed by atoms with E-state index in [9.17, 15) is 4.79 Å². The number of benzene rings is 1. The monoisotopic (exact) mass is 322 g/mol. The number of amides is 1. The first-order valence-electron chi connectivity index (χ1n) is 5.95. The fourth-order valence-electron chi connectivity index (χ4n) is 1.62. The fourth-order valence-corrected chi connectivity index (χ4v) is 2.00. The Balaban J connectivity index is 1.89. The first kappa shape index (κ1) is 13.7. The molecule has 0 saturated heterocycles. The van der Waals surface area contributed by atoms with E-state index in [4.69, 9.17) is 0 Å². The Kier molecular flexibility index (Phi) is 4.31. The summed E-state index contributed by atoms with van der Waals surface area (Å²) in [7, 11) is 1.82. The standard InChI is InChI=1S/C13H15BrN4O/c1-9-3-4-10(7-11(9)14)13(19)15-6-5-12-16-8-18(2)17-12/h3-4,7-8H,5-6H2,1-2H3,(H,15,19). The van der Waals surface area contributed by atoms with Gasteiger partial charge in [0.1, 0.15) is 6.33 Å². The van der Waals surface area contributed by atoms with E-state index in [0.717, 1.165) is 15.9 Å². The van der Waals surface area contributed by atoms with Crippen LogP contribution >= 0.6 is 15.9 Å². The van der Waals surface area contributed by atoms with E-state index in [0.29, 0.717) is 18.5 Å². The molecule has 2 rings (SSSR count). The van der Waals surface area contributed by atoms with Crippen molar-refractivity contribution >= 4 is 21.8 Å². The highest BCUT2D eigenvalue weighted by Gasteiger charge is 2.07. The van der Waals surface area contributed by atoms with Crippen molar-refractivity contribution in [1.82, 2.24) is 20.1 Å². The first-order valence-corrected chi connectivity index (χ1v) is 6.74. The average Bonchev–Trinajstić information content (AvgIpc) is 2.78. The fraction of sp³-hybridized carbons (Fsp3) is 0.308. The van der Waals surface area contributed by atoms with E-state index >= 15 is 0 Å². The van der Waals surface area contributed by atoms with Crippen LogP contribution in [-0.4, -0.2) is 27.2 Å². The molecule has 0 aliphatic rings. The van der Waals surface area contributed by atoms with Crippen LogP contribution in [0, 0.1) is 6.92 Å². The quantitative estimate of drug-likeness (QED) is 0.934. The second-order valence-corrected chi connectivity index (χ2v) is 5.16. The molecular weight excluding hydrogens is 308 g/mol. The van der Waals surface area contributed by atoms with Gasteiger partial charge in [-0.1, -0.05) is 22.0 Å². The first-order chi connectivity index (χ1) is 9.06. The molecule has 0 bridgehead atoms. The molecule has 0 unspecified atom stereocenters. The molecule has 0 aliphatic carbocycles. The van der Waals surface area contributed by atoms with E-state index in [-0.39, 0.29) is 5.91 Å². The molecule has 2 aromatic rings. The lowest BCUT2D eigenvalue weighted by Crippen LogP contribution is -2.26.